The molecule has 6 nitrogen and oxygen atoms in total. The Kier molecular flexibility index (Phi) is 5.85. The van der Waals surface area contributed by atoms with Gasteiger partial charge >= 0.3 is 0 Å². The average molecular weight is 345 g/mol. The molecule has 0 unspecified atom stereocenters. The van der Waals surface area contributed by atoms with Gasteiger partial charge in [-0.2, -0.15) is 16.9 Å². The van der Waals surface area contributed by atoms with Crippen LogP contribution in [0.1, 0.15) is 38.6 Å². The maximum absolute atomic E-state index is 11.8. The van der Waals surface area contributed by atoms with Crippen molar-refractivity contribution in [3.63, 3.8) is 0 Å². The summed E-state index contributed by atoms with van der Waals surface area (Å²) in [6, 6.07) is 0.704. The minimum atomic E-state index is 0.161. The Hall–Kier alpha value is -1.89. The van der Waals surface area contributed by atoms with Gasteiger partial charge in [0.2, 0.25) is 5.91 Å². The maximum Gasteiger partial charge on any atom is 0.230 e. The lowest BCUT2D eigenvalue weighted by atomic mass is 9.91. The van der Waals surface area contributed by atoms with Gasteiger partial charge in [-0.25, -0.2) is 0 Å². The Morgan fingerprint density at radius 2 is 2.12 bits per heavy atom. The lowest BCUT2D eigenvalue weighted by Gasteiger charge is -2.29. The Morgan fingerprint density at radius 1 is 1.29 bits per heavy atom. The number of thioether (sulfide) groups is 1. The minimum Gasteiger partial charge on any atom is -0.353 e. The van der Waals surface area contributed by atoms with Gasteiger partial charge in [0.1, 0.15) is 0 Å². The Labute approximate surface area is 146 Å². The first-order valence-electron chi connectivity index (χ1n) is 8.44. The summed E-state index contributed by atoms with van der Waals surface area (Å²) in [4.78, 5) is 20.2. The van der Waals surface area contributed by atoms with Crippen molar-refractivity contribution < 1.29 is 4.79 Å². The molecule has 3 rings (SSSR count). The van der Waals surface area contributed by atoms with Crippen LogP contribution in [0.4, 0.5) is 0 Å². The molecule has 0 aromatic carbocycles. The Bertz CT molecular complexity index is 652. The zero-order chi connectivity index (χ0) is 16.8. The maximum atomic E-state index is 11.8. The van der Waals surface area contributed by atoms with Crippen LogP contribution in [0.5, 0.6) is 0 Å². The molecule has 1 fully saturated rings. The third kappa shape index (κ3) is 4.35. The highest BCUT2D eigenvalue weighted by atomic mass is 32.2. The fourth-order valence-corrected chi connectivity index (χ4v) is 3.54. The second kappa shape index (κ2) is 8.28. The molecule has 1 N–H and O–H groups in total. The van der Waals surface area contributed by atoms with Gasteiger partial charge in [-0.1, -0.05) is 6.92 Å². The van der Waals surface area contributed by atoms with E-state index in [2.05, 4.69) is 27.3 Å². The average Bonchev–Trinajstić information content (AvgIpc) is 3.11. The summed E-state index contributed by atoms with van der Waals surface area (Å²) in [6.07, 6.45) is 13.1. The number of aromatic nitrogens is 4. The van der Waals surface area contributed by atoms with Crippen molar-refractivity contribution in [2.75, 3.05) is 11.5 Å². The SMILES string of the molecule is CCSCC(=O)NC1CCC(n2cc(-c3cnccn3)cn2)CC1. The van der Waals surface area contributed by atoms with Crippen LogP contribution >= 0.6 is 11.8 Å². The van der Waals surface area contributed by atoms with Gasteiger partial charge in [-0.05, 0) is 31.4 Å². The van der Waals surface area contributed by atoms with Crippen molar-refractivity contribution in [1.82, 2.24) is 25.1 Å². The van der Waals surface area contributed by atoms with Gasteiger partial charge in [-0.3, -0.25) is 19.4 Å². The monoisotopic (exact) mass is 345 g/mol. The van der Waals surface area contributed by atoms with Crippen molar-refractivity contribution in [2.45, 2.75) is 44.7 Å². The van der Waals surface area contributed by atoms with E-state index in [1.165, 1.54) is 0 Å². The van der Waals surface area contributed by atoms with Crippen molar-refractivity contribution in [3.05, 3.63) is 31.0 Å². The van der Waals surface area contributed by atoms with E-state index in [0.29, 0.717) is 17.8 Å². The molecule has 2 heterocycles. The standard InChI is InChI=1S/C17H23N5OS/c1-2-24-12-17(23)21-14-3-5-15(6-4-14)22-11-13(9-20-22)16-10-18-7-8-19-16/h7-11,14-15H,2-6,12H2,1H3,(H,21,23). The van der Waals surface area contributed by atoms with Crippen LogP contribution in [0.25, 0.3) is 11.3 Å². The molecule has 24 heavy (non-hydrogen) atoms. The second-order valence-corrected chi connectivity index (χ2v) is 7.28. The molecule has 0 aliphatic heterocycles. The number of nitrogens with one attached hydrogen (secondary N) is 1. The van der Waals surface area contributed by atoms with E-state index in [1.54, 1.807) is 30.4 Å². The normalized spacial score (nSPS) is 20.7. The van der Waals surface area contributed by atoms with Crippen LogP contribution in [0.15, 0.2) is 31.0 Å². The second-order valence-electron chi connectivity index (χ2n) is 6.01. The fourth-order valence-electron chi connectivity index (χ4n) is 3.07. The third-order valence-corrected chi connectivity index (χ3v) is 5.21. The molecule has 2 aromatic rings. The van der Waals surface area contributed by atoms with Gasteiger partial charge in [0, 0.05) is 30.2 Å². The molecule has 0 saturated heterocycles. The summed E-state index contributed by atoms with van der Waals surface area (Å²) in [5.74, 6) is 1.71. The lowest BCUT2D eigenvalue weighted by molar-refractivity contribution is -0.119. The Balaban J connectivity index is 1.52. The zero-order valence-corrected chi connectivity index (χ0v) is 14.7. The summed E-state index contributed by atoms with van der Waals surface area (Å²) in [7, 11) is 0. The fraction of sp³-hybridized carbons (Fsp3) is 0.529. The molecular weight excluding hydrogens is 322 g/mol. The molecule has 0 atom stereocenters. The van der Waals surface area contributed by atoms with Crippen molar-refractivity contribution in [1.29, 1.82) is 0 Å². The molecule has 0 radical (unpaired) electrons. The molecule has 1 aliphatic carbocycles. The lowest BCUT2D eigenvalue weighted by Crippen LogP contribution is -2.39. The van der Waals surface area contributed by atoms with E-state index in [-0.39, 0.29) is 5.91 Å². The Morgan fingerprint density at radius 3 is 2.83 bits per heavy atom. The van der Waals surface area contributed by atoms with Crippen molar-refractivity contribution >= 4 is 17.7 Å². The van der Waals surface area contributed by atoms with Gasteiger partial charge in [-0.15, -0.1) is 0 Å². The number of hydrogen-bond donors (Lipinski definition) is 1. The van der Waals surface area contributed by atoms with Gasteiger partial charge in [0.25, 0.3) is 0 Å². The summed E-state index contributed by atoms with van der Waals surface area (Å²) < 4.78 is 2.04. The van der Waals surface area contributed by atoms with Crippen LogP contribution in [-0.4, -0.2) is 43.2 Å². The number of hydrogen-bond acceptors (Lipinski definition) is 5. The predicted octanol–water partition coefficient (Wildman–Crippen LogP) is 2.69. The minimum absolute atomic E-state index is 0.161. The van der Waals surface area contributed by atoms with E-state index in [9.17, 15) is 4.79 Å². The van der Waals surface area contributed by atoms with Gasteiger partial charge < -0.3 is 5.32 Å². The molecule has 1 aliphatic rings. The van der Waals surface area contributed by atoms with Crippen LogP contribution in [0.3, 0.4) is 0 Å². The number of amides is 1. The van der Waals surface area contributed by atoms with Crippen molar-refractivity contribution in [3.8, 4) is 11.3 Å². The van der Waals surface area contributed by atoms with E-state index >= 15 is 0 Å². The summed E-state index contributed by atoms with van der Waals surface area (Å²) in [6.45, 7) is 2.07. The van der Waals surface area contributed by atoms with E-state index in [4.69, 9.17) is 0 Å². The van der Waals surface area contributed by atoms with Gasteiger partial charge in [0.05, 0.1) is 29.9 Å². The van der Waals surface area contributed by atoms with Crippen LogP contribution in [0.2, 0.25) is 0 Å². The first-order chi connectivity index (χ1) is 11.8. The van der Waals surface area contributed by atoms with Crippen LogP contribution < -0.4 is 5.32 Å². The summed E-state index contributed by atoms with van der Waals surface area (Å²) in [5, 5.41) is 7.65. The number of carbonyl (C=O) groups excluding carboxylic acids is 1. The molecule has 1 amide bonds. The predicted molar refractivity (Wildman–Crippen MR) is 95.7 cm³/mol. The molecule has 1 saturated carbocycles. The van der Waals surface area contributed by atoms with Crippen LogP contribution in [0, 0.1) is 0 Å². The third-order valence-electron chi connectivity index (χ3n) is 4.33. The molecule has 0 spiro atoms. The topological polar surface area (TPSA) is 72.7 Å². The smallest absolute Gasteiger partial charge is 0.230 e. The zero-order valence-electron chi connectivity index (χ0n) is 13.9. The van der Waals surface area contributed by atoms with E-state index in [0.717, 1.165) is 42.7 Å². The number of carbonyl (C=O) groups is 1. The van der Waals surface area contributed by atoms with E-state index < -0.39 is 0 Å². The molecule has 0 bridgehead atoms. The molecule has 128 valence electrons. The highest BCUT2D eigenvalue weighted by Crippen LogP contribution is 2.29. The molecular formula is C17H23N5OS. The molecule has 7 heteroatoms. The highest BCUT2D eigenvalue weighted by molar-refractivity contribution is 7.99. The first kappa shape index (κ1) is 17.0. The van der Waals surface area contributed by atoms with Gasteiger partial charge in [0.15, 0.2) is 0 Å². The number of rotatable bonds is 6. The number of nitrogens with zero attached hydrogens (tertiary/aromatic N) is 4. The van der Waals surface area contributed by atoms with Crippen molar-refractivity contribution in [2.24, 2.45) is 0 Å². The summed E-state index contributed by atoms with van der Waals surface area (Å²) >= 11 is 1.67. The largest absolute Gasteiger partial charge is 0.353 e. The quantitative estimate of drug-likeness (QED) is 0.871. The summed E-state index contributed by atoms with van der Waals surface area (Å²) in [5.41, 5.74) is 1.84. The highest BCUT2D eigenvalue weighted by Gasteiger charge is 2.24. The molecule has 2 aromatic heterocycles. The van der Waals surface area contributed by atoms with E-state index in [1.807, 2.05) is 17.1 Å². The van der Waals surface area contributed by atoms with Crippen LogP contribution in [-0.2, 0) is 4.79 Å². The first-order valence-corrected chi connectivity index (χ1v) is 9.59.